The van der Waals surface area contributed by atoms with Crippen LogP contribution in [0.2, 0.25) is 0 Å². The van der Waals surface area contributed by atoms with Crippen LogP contribution in [0.1, 0.15) is 17.0 Å². The van der Waals surface area contributed by atoms with Crippen molar-refractivity contribution in [1.29, 1.82) is 0 Å². The Hall–Kier alpha value is -2.36. The van der Waals surface area contributed by atoms with Crippen LogP contribution in [0.15, 0.2) is 27.4 Å². The molecule has 0 aliphatic carbocycles. The van der Waals surface area contributed by atoms with Crippen molar-refractivity contribution in [2.75, 3.05) is 0 Å². The molecule has 20 heavy (non-hydrogen) atoms. The van der Waals surface area contributed by atoms with Crippen molar-refractivity contribution in [3.05, 3.63) is 51.6 Å². The lowest BCUT2D eigenvalue weighted by atomic mass is 10.0. The van der Waals surface area contributed by atoms with Crippen molar-refractivity contribution >= 4 is 11.0 Å². The number of nitrogens with zero attached hydrogens (tertiary/aromatic N) is 2. The predicted molar refractivity (Wildman–Crippen MR) is 77.7 cm³/mol. The summed E-state index contributed by atoms with van der Waals surface area (Å²) in [7, 11) is 1.65. The first-order chi connectivity index (χ1) is 9.47. The van der Waals surface area contributed by atoms with Gasteiger partial charge in [0.15, 0.2) is 0 Å². The van der Waals surface area contributed by atoms with E-state index < -0.39 is 0 Å². The van der Waals surface area contributed by atoms with Gasteiger partial charge in [0.25, 0.3) is 5.56 Å². The average Bonchev–Trinajstić information content (AvgIpc) is 2.69. The zero-order chi connectivity index (χ0) is 14.4. The van der Waals surface area contributed by atoms with E-state index in [0.717, 1.165) is 27.9 Å². The van der Waals surface area contributed by atoms with Crippen molar-refractivity contribution in [3.8, 4) is 11.1 Å². The van der Waals surface area contributed by atoms with Crippen LogP contribution < -0.4 is 5.56 Å². The summed E-state index contributed by atoms with van der Waals surface area (Å²) >= 11 is 0. The predicted octanol–water partition coefficient (Wildman–Crippen LogP) is 2.92. The first-order valence-corrected chi connectivity index (χ1v) is 6.44. The van der Waals surface area contributed by atoms with Crippen LogP contribution in [-0.2, 0) is 7.05 Å². The van der Waals surface area contributed by atoms with Gasteiger partial charge in [0, 0.05) is 24.1 Å². The van der Waals surface area contributed by atoms with Gasteiger partial charge in [0.1, 0.15) is 11.3 Å². The Labute approximate surface area is 116 Å². The maximum atomic E-state index is 12.3. The highest BCUT2D eigenvalue weighted by atomic mass is 16.3. The van der Waals surface area contributed by atoms with Gasteiger partial charge in [-0.15, -0.1) is 0 Å². The molecule has 0 atom stereocenters. The van der Waals surface area contributed by atoms with Crippen LogP contribution >= 0.6 is 0 Å². The van der Waals surface area contributed by atoms with Crippen molar-refractivity contribution in [3.63, 3.8) is 0 Å². The second-order valence-electron chi connectivity index (χ2n) is 5.05. The lowest BCUT2D eigenvalue weighted by Gasteiger charge is -2.04. The molecule has 0 aliphatic rings. The zero-order valence-corrected chi connectivity index (χ0v) is 11.9. The quantitative estimate of drug-likeness (QED) is 0.681. The summed E-state index contributed by atoms with van der Waals surface area (Å²) in [5.74, 6) is 0.726. The molecule has 2 aromatic heterocycles. The number of aryl methyl sites for hydroxylation is 4. The summed E-state index contributed by atoms with van der Waals surface area (Å²) in [6.45, 7) is 5.71. The molecule has 1 aromatic carbocycles. The molecule has 0 amide bonds. The van der Waals surface area contributed by atoms with Gasteiger partial charge in [-0.2, -0.15) is 5.10 Å². The Morgan fingerprint density at radius 2 is 2.00 bits per heavy atom. The Balaban J connectivity index is 2.41. The van der Waals surface area contributed by atoms with Crippen molar-refractivity contribution < 1.29 is 4.42 Å². The van der Waals surface area contributed by atoms with Crippen LogP contribution in [0.5, 0.6) is 0 Å². The number of rotatable bonds is 1. The lowest BCUT2D eigenvalue weighted by molar-refractivity contribution is 0.579. The van der Waals surface area contributed by atoms with E-state index >= 15 is 0 Å². The van der Waals surface area contributed by atoms with Gasteiger partial charge in [-0.1, -0.05) is 12.1 Å². The van der Waals surface area contributed by atoms with Crippen LogP contribution in [0.4, 0.5) is 0 Å². The molecule has 0 saturated heterocycles. The van der Waals surface area contributed by atoms with E-state index in [-0.39, 0.29) is 5.56 Å². The summed E-state index contributed by atoms with van der Waals surface area (Å²) in [5.41, 5.74) is 3.76. The highest BCUT2D eigenvalue weighted by Gasteiger charge is 2.17. The molecule has 0 fully saturated rings. The molecule has 3 rings (SSSR count). The highest BCUT2D eigenvalue weighted by molar-refractivity contribution is 5.95. The standard InChI is InChI=1S/C16H15N2O2/c1-9-5-6-12-14(7-9)20-11(3)15(12)13-8-10(2)17-18(4)16(13)19/h5-7H,1-4H3. The number of hydrogen-bond acceptors (Lipinski definition) is 3. The largest absolute Gasteiger partial charge is 0.461 e. The minimum Gasteiger partial charge on any atom is -0.461 e. The van der Waals surface area contributed by atoms with Gasteiger partial charge in [0.2, 0.25) is 0 Å². The third-order valence-corrected chi connectivity index (χ3v) is 3.39. The third kappa shape index (κ3) is 1.84. The second-order valence-corrected chi connectivity index (χ2v) is 5.05. The molecule has 2 heterocycles. The van der Waals surface area contributed by atoms with E-state index in [9.17, 15) is 4.79 Å². The molecule has 101 valence electrons. The van der Waals surface area contributed by atoms with Gasteiger partial charge < -0.3 is 4.42 Å². The highest BCUT2D eigenvalue weighted by Crippen LogP contribution is 2.33. The normalized spacial score (nSPS) is 11.2. The average molecular weight is 267 g/mol. The Morgan fingerprint density at radius 1 is 1.25 bits per heavy atom. The fraction of sp³-hybridized carbons (Fsp3) is 0.250. The number of aromatic nitrogens is 2. The first-order valence-electron chi connectivity index (χ1n) is 6.44. The summed E-state index contributed by atoms with van der Waals surface area (Å²) in [5, 5.41) is 5.02. The van der Waals surface area contributed by atoms with E-state index in [1.807, 2.05) is 39.0 Å². The molecule has 0 bridgehead atoms. The first kappa shape index (κ1) is 12.7. The van der Waals surface area contributed by atoms with Crippen molar-refractivity contribution in [2.24, 2.45) is 7.05 Å². The van der Waals surface area contributed by atoms with Gasteiger partial charge in [-0.3, -0.25) is 4.79 Å². The summed E-state index contributed by atoms with van der Waals surface area (Å²) in [4.78, 5) is 12.3. The van der Waals surface area contributed by atoms with Crippen LogP contribution in [0.25, 0.3) is 22.1 Å². The number of fused-ring (bicyclic) bond motifs is 1. The van der Waals surface area contributed by atoms with E-state index in [4.69, 9.17) is 4.42 Å². The summed E-state index contributed by atoms with van der Waals surface area (Å²) in [6.07, 6.45) is 0. The van der Waals surface area contributed by atoms with Crippen molar-refractivity contribution in [1.82, 2.24) is 9.78 Å². The Kier molecular flexibility index (Phi) is 2.74. The van der Waals surface area contributed by atoms with Crippen LogP contribution in [0.3, 0.4) is 0 Å². The summed E-state index contributed by atoms with van der Waals surface area (Å²) in [6, 6.07) is 9.04. The van der Waals surface area contributed by atoms with Crippen LogP contribution in [0, 0.1) is 26.8 Å². The minimum atomic E-state index is -0.165. The Morgan fingerprint density at radius 3 is 2.75 bits per heavy atom. The molecule has 1 radical (unpaired) electrons. The minimum absolute atomic E-state index is 0.165. The monoisotopic (exact) mass is 267 g/mol. The molecule has 0 N–H and O–H groups in total. The zero-order valence-electron chi connectivity index (χ0n) is 11.9. The number of hydrogen-bond donors (Lipinski definition) is 0. The third-order valence-electron chi connectivity index (χ3n) is 3.39. The SMILES string of the molecule is Cc1ccc2c(-c3[c]c(C)nn(C)c3=O)c(C)oc2c1. The molecule has 0 aliphatic heterocycles. The lowest BCUT2D eigenvalue weighted by Crippen LogP contribution is -2.22. The summed E-state index contributed by atoms with van der Waals surface area (Å²) < 4.78 is 7.12. The van der Waals surface area contributed by atoms with Gasteiger partial charge in [-0.25, -0.2) is 4.68 Å². The molecule has 0 unspecified atom stereocenters. The van der Waals surface area contributed by atoms with Gasteiger partial charge in [0.05, 0.1) is 11.3 Å². The number of benzene rings is 1. The van der Waals surface area contributed by atoms with E-state index in [1.54, 1.807) is 7.05 Å². The maximum Gasteiger partial charge on any atom is 0.275 e. The van der Waals surface area contributed by atoms with Crippen LogP contribution in [-0.4, -0.2) is 9.78 Å². The molecule has 3 aromatic rings. The van der Waals surface area contributed by atoms with Gasteiger partial charge in [-0.05, 0) is 32.4 Å². The molecular formula is C16H15N2O2. The molecule has 0 spiro atoms. The smallest absolute Gasteiger partial charge is 0.275 e. The molecule has 0 saturated carbocycles. The fourth-order valence-electron chi connectivity index (χ4n) is 2.50. The topological polar surface area (TPSA) is 48.0 Å². The fourth-order valence-corrected chi connectivity index (χ4v) is 2.50. The molecular weight excluding hydrogens is 252 g/mol. The second kappa shape index (κ2) is 4.34. The van der Waals surface area contributed by atoms with E-state index in [0.29, 0.717) is 11.3 Å². The Bertz CT molecular complexity index is 872. The van der Waals surface area contributed by atoms with E-state index in [1.165, 1.54) is 4.68 Å². The van der Waals surface area contributed by atoms with E-state index in [2.05, 4.69) is 11.2 Å². The van der Waals surface area contributed by atoms with Gasteiger partial charge >= 0.3 is 0 Å². The molecule has 4 heteroatoms. The number of furan rings is 1. The molecule has 4 nitrogen and oxygen atoms in total. The van der Waals surface area contributed by atoms with Crippen molar-refractivity contribution in [2.45, 2.75) is 20.8 Å². The maximum absolute atomic E-state index is 12.3.